The monoisotopic (exact) mass is 442 g/mol. The fraction of sp³-hybridized carbons (Fsp3) is 0.182. The van der Waals surface area contributed by atoms with Gasteiger partial charge in [0, 0.05) is 29.2 Å². The summed E-state index contributed by atoms with van der Waals surface area (Å²) in [6.45, 7) is 3.66. The van der Waals surface area contributed by atoms with E-state index in [2.05, 4.69) is 22.9 Å². The van der Waals surface area contributed by atoms with Crippen LogP contribution in [0.25, 0.3) is 17.0 Å². The van der Waals surface area contributed by atoms with E-state index in [0.29, 0.717) is 39.7 Å². The number of fused-ring (bicyclic) bond motifs is 1. The maximum atomic E-state index is 12.6. The average molecular weight is 443 g/mol. The topological polar surface area (TPSA) is 34.5 Å². The van der Waals surface area contributed by atoms with E-state index in [9.17, 15) is 4.79 Å². The Morgan fingerprint density at radius 2 is 1.93 bits per heavy atom. The zero-order valence-electron chi connectivity index (χ0n) is 15.8. The lowest BCUT2D eigenvalue weighted by molar-refractivity contribution is -0.121. The Balaban J connectivity index is 1.59. The molecule has 4 rings (SSSR count). The Bertz CT molecular complexity index is 1120. The molecule has 7 heteroatoms. The molecule has 0 spiro atoms. The van der Waals surface area contributed by atoms with E-state index in [-0.39, 0.29) is 5.91 Å². The lowest BCUT2D eigenvalue weighted by Gasteiger charge is -2.09. The normalized spacial score (nSPS) is 15.7. The largest absolute Gasteiger partial charge is 0.490 e. The van der Waals surface area contributed by atoms with Crippen LogP contribution in [0.4, 0.5) is 0 Å². The first-order valence-electron chi connectivity index (χ1n) is 9.29. The molecule has 1 fully saturated rings. The van der Waals surface area contributed by atoms with Crippen molar-refractivity contribution in [3.63, 3.8) is 0 Å². The fourth-order valence-corrected chi connectivity index (χ4v) is 4.87. The number of rotatable bonds is 6. The minimum atomic E-state index is -0.0265. The quantitative estimate of drug-likeness (QED) is 0.368. The van der Waals surface area contributed by atoms with Crippen molar-refractivity contribution in [2.45, 2.75) is 13.5 Å². The smallest absolute Gasteiger partial charge is 0.266 e. The molecule has 29 heavy (non-hydrogen) atoms. The van der Waals surface area contributed by atoms with E-state index in [1.807, 2.05) is 49.4 Å². The molecule has 2 heterocycles. The number of nitrogens with zero attached hydrogens (tertiary/aromatic N) is 2. The highest BCUT2D eigenvalue weighted by Gasteiger charge is 2.30. The zero-order valence-corrected chi connectivity index (χ0v) is 18.2. The zero-order chi connectivity index (χ0) is 20.4. The number of likely N-dealkylation sites (N-methyl/N-ethyl adjacent to an activating group) is 1. The summed E-state index contributed by atoms with van der Waals surface area (Å²) in [7, 11) is 0. The van der Waals surface area contributed by atoms with E-state index in [0.717, 1.165) is 16.5 Å². The molecule has 0 atom stereocenters. The first-order valence-corrected chi connectivity index (χ1v) is 10.9. The van der Waals surface area contributed by atoms with Crippen molar-refractivity contribution in [2.24, 2.45) is 0 Å². The SMILES string of the molecule is CCN1C(=O)/C(=C\c2cn(CCOc3ccccc3Cl)c3ccccc23)SC1=S. The Hall–Kier alpha value is -2.28. The number of hydrogen-bond acceptors (Lipinski definition) is 4. The molecule has 0 radical (unpaired) electrons. The van der Waals surface area contributed by atoms with Gasteiger partial charge in [-0.2, -0.15) is 0 Å². The number of carbonyl (C=O) groups is 1. The second-order valence-electron chi connectivity index (χ2n) is 6.50. The molecule has 4 nitrogen and oxygen atoms in total. The fourth-order valence-electron chi connectivity index (χ4n) is 3.30. The number of ether oxygens (including phenoxy) is 1. The lowest BCUT2D eigenvalue weighted by atomic mass is 10.1. The third-order valence-electron chi connectivity index (χ3n) is 4.72. The number of carbonyl (C=O) groups excluding carboxylic acids is 1. The molecule has 1 aromatic heterocycles. The number of thiocarbonyl (C=S) groups is 1. The highest BCUT2D eigenvalue weighted by molar-refractivity contribution is 8.26. The summed E-state index contributed by atoms with van der Waals surface area (Å²) in [4.78, 5) is 14.9. The van der Waals surface area contributed by atoms with Gasteiger partial charge in [0.15, 0.2) is 0 Å². The maximum absolute atomic E-state index is 12.6. The van der Waals surface area contributed by atoms with Gasteiger partial charge in [-0.3, -0.25) is 9.69 Å². The van der Waals surface area contributed by atoms with Gasteiger partial charge in [-0.05, 0) is 31.2 Å². The Morgan fingerprint density at radius 1 is 1.17 bits per heavy atom. The summed E-state index contributed by atoms with van der Waals surface area (Å²) in [5, 5.41) is 1.69. The second-order valence-corrected chi connectivity index (χ2v) is 8.58. The van der Waals surface area contributed by atoms with Crippen molar-refractivity contribution in [3.8, 4) is 5.75 Å². The van der Waals surface area contributed by atoms with E-state index in [1.165, 1.54) is 11.8 Å². The van der Waals surface area contributed by atoms with Crippen LogP contribution in [0, 0.1) is 0 Å². The van der Waals surface area contributed by atoms with Gasteiger partial charge in [-0.1, -0.05) is 65.9 Å². The summed E-state index contributed by atoms with van der Waals surface area (Å²) in [6.07, 6.45) is 3.99. The molecule has 0 N–H and O–H groups in total. The van der Waals surface area contributed by atoms with Crippen LogP contribution in [0.15, 0.2) is 59.6 Å². The van der Waals surface area contributed by atoms with Gasteiger partial charge in [0.2, 0.25) is 0 Å². The van der Waals surface area contributed by atoms with Gasteiger partial charge in [0.1, 0.15) is 16.7 Å². The van der Waals surface area contributed by atoms with E-state index in [1.54, 1.807) is 4.90 Å². The summed E-state index contributed by atoms with van der Waals surface area (Å²) in [5.41, 5.74) is 2.09. The van der Waals surface area contributed by atoms with Crippen molar-refractivity contribution in [1.29, 1.82) is 0 Å². The van der Waals surface area contributed by atoms with E-state index >= 15 is 0 Å². The van der Waals surface area contributed by atoms with Crippen molar-refractivity contribution in [3.05, 3.63) is 70.2 Å². The number of hydrogen-bond donors (Lipinski definition) is 0. The van der Waals surface area contributed by atoms with Crippen LogP contribution in [0.2, 0.25) is 5.02 Å². The minimum absolute atomic E-state index is 0.0265. The average Bonchev–Trinajstić information content (AvgIpc) is 3.20. The third kappa shape index (κ3) is 4.06. The van der Waals surface area contributed by atoms with Crippen molar-refractivity contribution < 1.29 is 9.53 Å². The Labute approximate surface area is 184 Å². The maximum Gasteiger partial charge on any atom is 0.266 e. The third-order valence-corrected chi connectivity index (χ3v) is 6.41. The highest BCUT2D eigenvalue weighted by Crippen LogP contribution is 2.34. The first-order chi connectivity index (χ1) is 14.1. The molecule has 1 aliphatic heterocycles. The molecule has 3 aromatic rings. The Morgan fingerprint density at radius 3 is 2.69 bits per heavy atom. The van der Waals surface area contributed by atoms with Crippen LogP contribution in [-0.4, -0.2) is 32.8 Å². The molecule has 0 unspecified atom stereocenters. The van der Waals surface area contributed by atoms with Gasteiger partial charge in [-0.15, -0.1) is 0 Å². The minimum Gasteiger partial charge on any atom is -0.490 e. The van der Waals surface area contributed by atoms with E-state index < -0.39 is 0 Å². The predicted octanol–water partition coefficient (Wildman–Crippen LogP) is 5.59. The summed E-state index contributed by atoms with van der Waals surface area (Å²) < 4.78 is 8.59. The van der Waals surface area contributed by atoms with Gasteiger partial charge >= 0.3 is 0 Å². The summed E-state index contributed by atoms with van der Waals surface area (Å²) in [5.74, 6) is 0.649. The standard InChI is InChI=1S/C22H19ClN2O2S2/c1-2-25-21(26)20(29-22(25)28)13-15-14-24(18-9-5-3-7-16(15)18)11-12-27-19-10-6-4-8-17(19)23/h3-10,13-14H,2,11-12H2,1H3/b20-13+. The highest BCUT2D eigenvalue weighted by atomic mass is 35.5. The molecule has 1 aliphatic rings. The lowest BCUT2D eigenvalue weighted by Crippen LogP contribution is -2.27. The first kappa shape index (κ1) is 20.0. The van der Waals surface area contributed by atoms with Gasteiger partial charge < -0.3 is 9.30 Å². The number of thioether (sulfide) groups is 1. The predicted molar refractivity (Wildman–Crippen MR) is 124 cm³/mol. The van der Waals surface area contributed by atoms with Crippen molar-refractivity contribution in [1.82, 2.24) is 9.47 Å². The second kappa shape index (κ2) is 8.61. The van der Waals surface area contributed by atoms with Crippen molar-refractivity contribution >= 4 is 62.8 Å². The molecule has 148 valence electrons. The van der Waals surface area contributed by atoms with Crippen LogP contribution in [0.5, 0.6) is 5.75 Å². The van der Waals surface area contributed by atoms with Crippen LogP contribution >= 0.6 is 35.6 Å². The summed E-state index contributed by atoms with van der Waals surface area (Å²) >= 11 is 12.8. The molecular formula is C22H19ClN2O2S2. The molecule has 2 aromatic carbocycles. The number of halogens is 1. The van der Waals surface area contributed by atoms with E-state index in [4.69, 9.17) is 28.6 Å². The van der Waals surface area contributed by atoms with Crippen LogP contribution < -0.4 is 4.74 Å². The summed E-state index contributed by atoms with van der Waals surface area (Å²) in [6, 6.07) is 15.6. The van der Waals surface area contributed by atoms with Crippen LogP contribution in [-0.2, 0) is 11.3 Å². The van der Waals surface area contributed by atoms with Crippen molar-refractivity contribution in [2.75, 3.05) is 13.2 Å². The molecule has 0 bridgehead atoms. The molecule has 0 aliphatic carbocycles. The molecular weight excluding hydrogens is 424 g/mol. The van der Waals surface area contributed by atoms with Gasteiger partial charge in [0.05, 0.1) is 16.5 Å². The molecule has 1 saturated heterocycles. The van der Waals surface area contributed by atoms with Crippen LogP contribution in [0.3, 0.4) is 0 Å². The molecule has 0 saturated carbocycles. The number of aromatic nitrogens is 1. The number of benzene rings is 2. The van der Waals surface area contributed by atoms with Gasteiger partial charge in [0.25, 0.3) is 5.91 Å². The number of amides is 1. The number of para-hydroxylation sites is 2. The molecule has 1 amide bonds. The van der Waals surface area contributed by atoms with Crippen LogP contribution in [0.1, 0.15) is 12.5 Å². The Kier molecular flexibility index (Phi) is 5.94. The van der Waals surface area contributed by atoms with Gasteiger partial charge in [-0.25, -0.2) is 0 Å².